The molecule has 0 radical (unpaired) electrons. The molecular formula is C20H28N4O. The molecule has 2 rings (SSSR count). The Hall–Kier alpha value is -2.43. The van der Waals surface area contributed by atoms with Crippen molar-refractivity contribution in [3.05, 3.63) is 46.9 Å². The summed E-state index contributed by atoms with van der Waals surface area (Å²) < 4.78 is 0. The van der Waals surface area contributed by atoms with Gasteiger partial charge in [-0.1, -0.05) is 44.9 Å². The van der Waals surface area contributed by atoms with Gasteiger partial charge in [0.15, 0.2) is 0 Å². The van der Waals surface area contributed by atoms with Crippen molar-refractivity contribution >= 4 is 17.4 Å². The van der Waals surface area contributed by atoms with E-state index in [0.29, 0.717) is 17.3 Å². The predicted molar refractivity (Wildman–Crippen MR) is 103 cm³/mol. The standard InChI is InChI=1S/C20H28N4O/c1-5-7-8-12-21-18-13-17(22-15(4)23-18)20(25)24-19-14(3)10-9-11-16(19)6-2/h9-11,13H,5-8,12H2,1-4H3,(H,24,25)(H,21,22,23). The van der Waals surface area contributed by atoms with Crippen molar-refractivity contribution in [2.24, 2.45) is 0 Å². The fraction of sp³-hybridized carbons (Fsp3) is 0.450. The molecule has 1 heterocycles. The summed E-state index contributed by atoms with van der Waals surface area (Å²) in [6, 6.07) is 7.77. The van der Waals surface area contributed by atoms with Gasteiger partial charge in [-0.15, -0.1) is 0 Å². The molecule has 25 heavy (non-hydrogen) atoms. The van der Waals surface area contributed by atoms with E-state index in [1.165, 1.54) is 12.8 Å². The van der Waals surface area contributed by atoms with Crippen LogP contribution >= 0.6 is 0 Å². The molecule has 1 amide bonds. The van der Waals surface area contributed by atoms with Crippen LogP contribution in [0.2, 0.25) is 0 Å². The quantitative estimate of drug-likeness (QED) is 0.694. The van der Waals surface area contributed by atoms with E-state index in [9.17, 15) is 4.79 Å². The lowest BCUT2D eigenvalue weighted by Gasteiger charge is -2.13. The summed E-state index contributed by atoms with van der Waals surface area (Å²) in [6.45, 7) is 8.91. The summed E-state index contributed by atoms with van der Waals surface area (Å²) in [5.41, 5.74) is 3.44. The Labute approximate surface area is 150 Å². The Balaban J connectivity index is 2.15. The average Bonchev–Trinajstić information content (AvgIpc) is 2.60. The van der Waals surface area contributed by atoms with Gasteiger partial charge < -0.3 is 10.6 Å². The summed E-state index contributed by atoms with van der Waals surface area (Å²) in [4.78, 5) is 21.4. The van der Waals surface area contributed by atoms with Crippen LogP contribution in [-0.2, 0) is 6.42 Å². The third-order valence-electron chi connectivity index (χ3n) is 4.14. The first kappa shape index (κ1) is 18.9. The second-order valence-electron chi connectivity index (χ2n) is 6.24. The monoisotopic (exact) mass is 340 g/mol. The molecule has 2 aromatic rings. The Morgan fingerprint density at radius 1 is 1.12 bits per heavy atom. The van der Waals surface area contributed by atoms with Crippen LogP contribution in [0.4, 0.5) is 11.5 Å². The number of hydrogen-bond donors (Lipinski definition) is 2. The average molecular weight is 340 g/mol. The minimum Gasteiger partial charge on any atom is -0.370 e. The number of rotatable bonds is 8. The molecule has 2 N–H and O–H groups in total. The molecule has 0 bridgehead atoms. The highest BCUT2D eigenvalue weighted by atomic mass is 16.1. The summed E-state index contributed by atoms with van der Waals surface area (Å²) in [5.74, 6) is 1.09. The van der Waals surface area contributed by atoms with E-state index in [1.807, 2.05) is 25.1 Å². The van der Waals surface area contributed by atoms with Crippen LogP contribution in [0.1, 0.15) is 60.5 Å². The summed E-state index contributed by atoms with van der Waals surface area (Å²) in [7, 11) is 0. The summed E-state index contributed by atoms with van der Waals surface area (Å²) in [6.07, 6.45) is 4.31. The number of nitrogens with one attached hydrogen (secondary N) is 2. The molecule has 0 saturated carbocycles. The maximum atomic E-state index is 12.7. The number of amides is 1. The van der Waals surface area contributed by atoms with Crippen LogP contribution in [0.3, 0.4) is 0 Å². The fourth-order valence-electron chi connectivity index (χ4n) is 2.75. The molecular weight excluding hydrogens is 312 g/mol. The summed E-state index contributed by atoms with van der Waals surface area (Å²) >= 11 is 0. The molecule has 5 heteroatoms. The molecule has 0 unspecified atom stereocenters. The first-order valence-corrected chi connectivity index (χ1v) is 9.04. The number of unbranched alkanes of at least 4 members (excludes halogenated alkanes) is 2. The maximum Gasteiger partial charge on any atom is 0.274 e. The van der Waals surface area contributed by atoms with Gasteiger partial charge >= 0.3 is 0 Å². The van der Waals surface area contributed by atoms with Crippen molar-refractivity contribution in [3.8, 4) is 0 Å². The normalized spacial score (nSPS) is 10.6. The van der Waals surface area contributed by atoms with Crippen LogP contribution in [0.15, 0.2) is 24.3 Å². The van der Waals surface area contributed by atoms with Gasteiger partial charge in [-0.2, -0.15) is 0 Å². The van der Waals surface area contributed by atoms with Gasteiger partial charge in [0.25, 0.3) is 5.91 Å². The Kier molecular flexibility index (Phi) is 6.92. The zero-order valence-corrected chi connectivity index (χ0v) is 15.6. The molecule has 0 saturated heterocycles. The third-order valence-corrected chi connectivity index (χ3v) is 4.14. The van der Waals surface area contributed by atoms with Gasteiger partial charge in [-0.05, 0) is 37.8 Å². The molecule has 1 aromatic carbocycles. The van der Waals surface area contributed by atoms with Crippen LogP contribution in [0.25, 0.3) is 0 Å². The number of aromatic nitrogens is 2. The molecule has 0 spiro atoms. The largest absolute Gasteiger partial charge is 0.370 e. The van der Waals surface area contributed by atoms with E-state index in [4.69, 9.17) is 0 Å². The van der Waals surface area contributed by atoms with E-state index >= 15 is 0 Å². The molecule has 0 aliphatic rings. The second-order valence-corrected chi connectivity index (χ2v) is 6.24. The van der Waals surface area contributed by atoms with E-state index in [0.717, 1.165) is 36.2 Å². The number of anilines is 2. The highest BCUT2D eigenvalue weighted by Gasteiger charge is 2.13. The molecule has 0 fully saturated rings. The second kappa shape index (κ2) is 9.16. The lowest BCUT2D eigenvalue weighted by molar-refractivity contribution is 0.102. The van der Waals surface area contributed by atoms with Crippen LogP contribution < -0.4 is 10.6 Å². The maximum absolute atomic E-state index is 12.7. The van der Waals surface area contributed by atoms with Crippen molar-refractivity contribution in [1.29, 1.82) is 0 Å². The minimum atomic E-state index is -0.203. The lowest BCUT2D eigenvalue weighted by Crippen LogP contribution is -2.17. The van der Waals surface area contributed by atoms with Crippen molar-refractivity contribution in [3.63, 3.8) is 0 Å². The SMILES string of the molecule is CCCCCNc1cc(C(=O)Nc2c(C)cccc2CC)nc(C)n1. The van der Waals surface area contributed by atoms with Gasteiger partial charge in [-0.3, -0.25) is 4.79 Å². The van der Waals surface area contributed by atoms with E-state index < -0.39 is 0 Å². The zero-order chi connectivity index (χ0) is 18.2. The van der Waals surface area contributed by atoms with Gasteiger partial charge in [0, 0.05) is 18.3 Å². The minimum absolute atomic E-state index is 0.203. The van der Waals surface area contributed by atoms with Crippen LogP contribution in [0.5, 0.6) is 0 Å². The summed E-state index contributed by atoms with van der Waals surface area (Å²) in [5, 5.41) is 6.30. The number of aryl methyl sites for hydroxylation is 3. The van der Waals surface area contributed by atoms with E-state index in [-0.39, 0.29) is 5.91 Å². The predicted octanol–water partition coefficient (Wildman–Crippen LogP) is 4.51. The first-order chi connectivity index (χ1) is 12.0. The number of hydrogen-bond acceptors (Lipinski definition) is 4. The highest BCUT2D eigenvalue weighted by Crippen LogP contribution is 2.22. The van der Waals surface area contributed by atoms with Gasteiger partial charge in [-0.25, -0.2) is 9.97 Å². The fourth-order valence-corrected chi connectivity index (χ4v) is 2.75. The van der Waals surface area contributed by atoms with E-state index in [2.05, 4.69) is 34.4 Å². The Morgan fingerprint density at radius 3 is 2.64 bits per heavy atom. The Morgan fingerprint density at radius 2 is 1.92 bits per heavy atom. The van der Waals surface area contributed by atoms with Crippen molar-refractivity contribution < 1.29 is 4.79 Å². The van der Waals surface area contributed by atoms with Gasteiger partial charge in [0.2, 0.25) is 0 Å². The highest BCUT2D eigenvalue weighted by molar-refractivity contribution is 6.04. The first-order valence-electron chi connectivity index (χ1n) is 9.04. The zero-order valence-electron chi connectivity index (χ0n) is 15.6. The lowest BCUT2D eigenvalue weighted by atomic mass is 10.1. The van der Waals surface area contributed by atoms with Crippen LogP contribution in [0, 0.1) is 13.8 Å². The molecule has 1 aromatic heterocycles. The molecule has 0 atom stereocenters. The van der Waals surface area contributed by atoms with Crippen molar-refractivity contribution in [1.82, 2.24) is 9.97 Å². The number of para-hydroxylation sites is 1. The Bertz CT molecular complexity index is 728. The van der Waals surface area contributed by atoms with Gasteiger partial charge in [0.05, 0.1) is 0 Å². The molecule has 0 aliphatic carbocycles. The third kappa shape index (κ3) is 5.28. The molecule has 5 nitrogen and oxygen atoms in total. The molecule has 0 aliphatic heterocycles. The van der Waals surface area contributed by atoms with Crippen molar-refractivity contribution in [2.45, 2.75) is 53.4 Å². The number of nitrogens with zero attached hydrogens (tertiary/aromatic N) is 2. The van der Waals surface area contributed by atoms with Crippen molar-refractivity contribution in [2.75, 3.05) is 17.2 Å². The topological polar surface area (TPSA) is 66.9 Å². The number of carbonyl (C=O) groups excluding carboxylic acids is 1. The molecule has 134 valence electrons. The smallest absolute Gasteiger partial charge is 0.274 e. The van der Waals surface area contributed by atoms with Gasteiger partial charge in [0.1, 0.15) is 17.3 Å². The number of carbonyl (C=O) groups is 1. The van der Waals surface area contributed by atoms with Crippen LogP contribution in [-0.4, -0.2) is 22.4 Å². The van der Waals surface area contributed by atoms with E-state index in [1.54, 1.807) is 13.0 Å². The number of benzene rings is 1.